The lowest BCUT2D eigenvalue weighted by Gasteiger charge is -2.17. The van der Waals surface area contributed by atoms with Crippen molar-refractivity contribution in [3.8, 4) is 23.3 Å². The lowest BCUT2D eigenvalue weighted by molar-refractivity contribution is -0.117. The number of phenols is 1. The van der Waals surface area contributed by atoms with Crippen molar-refractivity contribution in [2.45, 2.75) is 0 Å². The molecule has 1 heterocycles. The Labute approximate surface area is 149 Å². The van der Waals surface area contributed by atoms with Crippen LogP contribution in [0.2, 0.25) is 0 Å². The van der Waals surface area contributed by atoms with E-state index in [4.69, 9.17) is 4.74 Å². The maximum absolute atomic E-state index is 14.8. The minimum Gasteiger partial charge on any atom is -0.506 e. The third kappa shape index (κ3) is 3.27. The number of carbonyl (C=O) groups excluding carboxylic acids is 1. The molecule has 134 valence electrons. The predicted molar refractivity (Wildman–Crippen MR) is 91.4 cm³/mol. The third-order valence-corrected chi connectivity index (χ3v) is 4.95. The highest BCUT2D eigenvalue weighted by atomic mass is 32.2. The van der Waals surface area contributed by atoms with Crippen molar-refractivity contribution in [1.82, 2.24) is 4.72 Å². The molecule has 1 fully saturated rings. The first-order valence-electron chi connectivity index (χ1n) is 7.32. The molecule has 2 aromatic rings. The van der Waals surface area contributed by atoms with Gasteiger partial charge < -0.3 is 9.84 Å². The quantitative estimate of drug-likeness (QED) is 0.766. The second kappa shape index (κ2) is 6.57. The maximum Gasteiger partial charge on any atom is 0.326 e. The summed E-state index contributed by atoms with van der Waals surface area (Å²) in [6, 6.07) is 9.13. The Morgan fingerprint density at radius 2 is 2.04 bits per heavy atom. The van der Waals surface area contributed by atoms with E-state index in [1.807, 2.05) is 0 Å². The SMILES string of the molecule is COc1cccc(C#Cc2ccc(O)c(N3CC(=O)NS3(=O)=O)c2F)c1. The van der Waals surface area contributed by atoms with Crippen molar-refractivity contribution >= 4 is 21.8 Å². The number of anilines is 1. The van der Waals surface area contributed by atoms with Crippen LogP contribution in [-0.4, -0.2) is 33.1 Å². The number of benzene rings is 2. The van der Waals surface area contributed by atoms with Crippen LogP contribution in [0, 0.1) is 17.7 Å². The molecule has 1 saturated heterocycles. The van der Waals surface area contributed by atoms with Crippen LogP contribution in [0.1, 0.15) is 11.1 Å². The molecule has 0 bridgehead atoms. The van der Waals surface area contributed by atoms with Gasteiger partial charge in [-0.3, -0.25) is 4.79 Å². The number of phenolic OH excluding ortho intramolecular Hbond substituents is 1. The molecule has 26 heavy (non-hydrogen) atoms. The molecule has 7 nitrogen and oxygen atoms in total. The van der Waals surface area contributed by atoms with Gasteiger partial charge in [0.15, 0.2) is 5.82 Å². The summed E-state index contributed by atoms with van der Waals surface area (Å²) < 4.78 is 45.8. The van der Waals surface area contributed by atoms with E-state index < -0.39 is 39.9 Å². The molecular weight excluding hydrogens is 363 g/mol. The first-order valence-corrected chi connectivity index (χ1v) is 8.76. The summed E-state index contributed by atoms with van der Waals surface area (Å²) in [6.45, 7) is -0.625. The van der Waals surface area contributed by atoms with Gasteiger partial charge in [0, 0.05) is 5.56 Å². The highest BCUT2D eigenvalue weighted by Crippen LogP contribution is 2.34. The molecule has 0 spiro atoms. The molecule has 0 saturated carbocycles. The van der Waals surface area contributed by atoms with Crippen LogP contribution in [0.4, 0.5) is 10.1 Å². The van der Waals surface area contributed by atoms with Crippen LogP contribution < -0.4 is 13.8 Å². The van der Waals surface area contributed by atoms with E-state index >= 15 is 0 Å². The Hall–Kier alpha value is -3.25. The van der Waals surface area contributed by atoms with E-state index in [2.05, 4.69) is 11.8 Å². The van der Waals surface area contributed by atoms with Crippen molar-refractivity contribution in [2.24, 2.45) is 0 Å². The van der Waals surface area contributed by atoms with E-state index in [1.54, 1.807) is 29.0 Å². The van der Waals surface area contributed by atoms with Gasteiger partial charge in [-0.1, -0.05) is 17.9 Å². The van der Waals surface area contributed by atoms with Gasteiger partial charge in [-0.15, -0.1) is 0 Å². The maximum atomic E-state index is 14.8. The lowest BCUT2D eigenvalue weighted by atomic mass is 10.1. The van der Waals surface area contributed by atoms with Crippen LogP contribution in [-0.2, 0) is 15.0 Å². The summed E-state index contributed by atoms with van der Waals surface area (Å²) in [4.78, 5) is 11.3. The smallest absolute Gasteiger partial charge is 0.326 e. The number of methoxy groups -OCH3 is 1. The second-order valence-electron chi connectivity index (χ2n) is 5.31. The van der Waals surface area contributed by atoms with Crippen molar-refractivity contribution in [2.75, 3.05) is 18.0 Å². The summed E-state index contributed by atoms with van der Waals surface area (Å²) >= 11 is 0. The Morgan fingerprint density at radius 3 is 2.69 bits per heavy atom. The fraction of sp³-hybridized carbons (Fsp3) is 0.118. The number of rotatable bonds is 2. The highest BCUT2D eigenvalue weighted by Gasteiger charge is 2.37. The number of hydrogen-bond donors (Lipinski definition) is 2. The highest BCUT2D eigenvalue weighted by molar-refractivity contribution is 7.92. The molecule has 0 aromatic heterocycles. The summed E-state index contributed by atoms with van der Waals surface area (Å²) in [5, 5.41) is 9.90. The minimum absolute atomic E-state index is 0.129. The van der Waals surface area contributed by atoms with E-state index in [0.29, 0.717) is 15.6 Å². The summed E-state index contributed by atoms with van der Waals surface area (Å²) in [7, 11) is -2.75. The lowest BCUT2D eigenvalue weighted by Crippen LogP contribution is -2.30. The van der Waals surface area contributed by atoms with Gasteiger partial charge in [0.25, 0.3) is 5.91 Å². The average molecular weight is 376 g/mol. The number of ether oxygens (including phenoxy) is 1. The van der Waals surface area contributed by atoms with Crippen molar-refractivity contribution in [3.63, 3.8) is 0 Å². The Kier molecular flexibility index (Phi) is 4.44. The molecule has 9 heteroatoms. The molecule has 1 aliphatic rings. The van der Waals surface area contributed by atoms with Crippen molar-refractivity contribution < 1.29 is 27.4 Å². The first kappa shape index (κ1) is 17.6. The number of nitrogens with zero attached hydrogens (tertiary/aromatic N) is 1. The van der Waals surface area contributed by atoms with Crippen LogP contribution in [0.25, 0.3) is 0 Å². The number of aromatic hydroxyl groups is 1. The summed E-state index contributed by atoms with van der Waals surface area (Å²) in [5.41, 5.74) is -0.194. The molecule has 0 aliphatic carbocycles. The Balaban J connectivity index is 2.04. The Bertz CT molecular complexity index is 1060. The van der Waals surface area contributed by atoms with Gasteiger partial charge in [0.05, 0.1) is 12.7 Å². The molecule has 2 aromatic carbocycles. The molecule has 0 unspecified atom stereocenters. The fourth-order valence-corrected chi connectivity index (χ4v) is 3.54. The molecule has 1 aliphatic heterocycles. The zero-order valence-corrected chi connectivity index (χ0v) is 14.3. The van der Waals surface area contributed by atoms with Gasteiger partial charge >= 0.3 is 10.2 Å². The summed E-state index contributed by atoms with van der Waals surface area (Å²) in [6.07, 6.45) is 0. The van der Waals surface area contributed by atoms with Gasteiger partial charge in [-0.2, -0.15) is 8.42 Å². The molecule has 0 radical (unpaired) electrons. The zero-order valence-electron chi connectivity index (χ0n) is 13.5. The largest absolute Gasteiger partial charge is 0.506 e. The van der Waals surface area contributed by atoms with Crippen LogP contribution in [0.5, 0.6) is 11.5 Å². The fourth-order valence-electron chi connectivity index (χ4n) is 2.37. The molecule has 1 amide bonds. The molecule has 0 atom stereocenters. The van der Waals surface area contributed by atoms with E-state index in [0.717, 1.165) is 6.07 Å². The van der Waals surface area contributed by atoms with Crippen LogP contribution in [0.3, 0.4) is 0 Å². The average Bonchev–Trinajstić information content (AvgIpc) is 2.86. The number of carbonyl (C=O) groups is 1. The number of halogens is 1. The predicted octanol–water partition coefficient (Wildman–Crippen LogP) is 1.12. The number of hydrogen-bond acceptors (Lipinski definition) is 5. The minimum atomic E-state index is -4.26. The van der Waals surface area contributed by atoms with Gasteiger partial charge in [0.2, 0.25) is 0 Å². The second-order valence-corrected chi connectivity index (χ2v) is 6.91. The van der Waals surface area contributed by atoms with E-state index in [9.17, 15) is 22.7 Å². The topological polar surface area (TPSA) is 95.9 Å². The summed E-state index contributed by atoms with van der Waals surface area (Å²) in [5.74, 6) is 3.43. The van der Waals surface area contributed by atoms with Crippen LogP contribution in [0.15, 0.2) is 36.4 Å². The van der Waals surface area contributed by atoms with E-state index in [-0.39, 0.29) is 5.56 Å². The molecule has 3 rings (SSSR count). The van der Waals surface area contributed by atoms with Gasteiger partial charge in [-0.05, 0) is 30.3 Å². The molecule has 2 N–H and O–H groups in total. The monoisotopic (exact) mass is 376 g/mol. The van der Waals surface area contributed by atoms with Crippen LogP contribution >= 0.6 is 0 Å². The molecular formula is C17H13FN2O5S. The van der Waals surface area contributed by atoms with E-state index in [1.165, 1.54) is 13.2 Å². The van der Waals surface area contributed by atoms with Crippen molar-refractivity contribution in [1.29, 1.82) is 0 Å². The number of nitrogens with one attached hydrogen (secondary N) is 1. The van der Waals surface area contributed by atoms with Gasteiger partial charge in [-0.25, -0.2) is 13.4 Å². The third-order valence-electron chi connectivity index (χ3n) is 3.58. The first-order chi connectivity index (χ1) is 12.3. The van der Waals surface area contributed by atoms with Gasteiger partial charge in [0.1, 0.15) is 23.7 Å². The number of amides is 1. The normalized spacial score (nSPS) is 15.2. The zero-order chi connectivity index (χ0) is 18.9. The standard InChI is InChI=1S/C17H13FN2O5S/c1-25-13-4-2-3-11(9-13)5-6-12-7-8-14(21)17(16(12)18)20-10-15(22)19-26(20,23)24/h2-4,7-9,21H,10H2,1H3,(H,19,22). The Morgan fingerprint density at radius 1 is 1.27 bits per heavy atom. The van der Waals surface area contributed by atoms with Crippen molar-refractivity contribution in [3.05, 3.63) is 53.3 Å².